The van der Waals surface area contributed by atoms with Crippen LogP contribution in [0.3, 0.4) is 0 Å². The molecule has 0 spiro atoms. The molecule has 4 atom stereocenters. The number of halogens is 2. The van der Waals surface area contributed by atoms with Gasteiger partial charge in [0.2, 0.25) is 11.7 Å². The minimum Gasteiger partial charge on any atom is -0.494 e. The van der Waals surface area contributed by atoms with Gasteiger partial charge in [-0.3, -0.25) is 14.0 Å². The largest absolute Gasteiger partial charge is 0.494 e. The van der Waals surface area contributed by atoms with Gasteiger partial charge in [0.05, 0.1) is 31.7 Å². The van der Waals surface area contributed by atoms with Crippen molar-refractivity contribution in [1.29, 1.82) is 0 Å². The van der Waals surface area contributed by atoms with Crippen LogP contribution in [0.25, 0.3) is 16.9 Å². The van der Waals surface area contributed by atoms with E-state index in [1.165, 1.54) is 31.6 Å². The van der Waals surface area contributed by atoms with Crippen LogP contribution >= 0.6 is 0 Å². The van der Waals surface area contributed by atoms with Gasteiger partial charge in [0.1, 0.15) is 18.3 Å². The van der Waals surface area contributed by atoms with Crippen LogP contribution < -0.4 is 15.4 Å². The lowest BCUT2D eigenvalue weighted by Gasteiger charge is -2.32. The second-order valence-electron chi connectivity index (χ2n) is 11.8. The van der Waals surface area contributed by atoms with Crippen molar-refractivity contribution in [2.45, 2.75) is 44.2 Å². The molecule has 0 unspecified atom stereocenters. The van der Waals surface area contributed by atoms with Crippen molar-refractivity contribution in [2.24, 2.45) is 5.92 Å². The minimum absolute atomic E-state index is 0.00229. The van der Waals surface area contributed by atoms with Crippen LogP contribution in [0.2, 0.25) is 0 Å². The van der Waals surface area contributed by atoms with Gasteiger partial charge in [-0.2, -0.15) is 4.39 Å². The molecular weight excluding hydrogens is 646 g/mol. The molecule has 262 valence electrons. The molecule has 3 heterocycles. The van der Waals surface area contributed by atoms with Gasteiger partial charge in [0, 0.05) is 54.8 Å². The maximum Gasteiger partial charge on any atom is 0.254 e. The van der Waals surface area contributed by atoms with E-state index in [1.54, 1.807) is 40.6 Å². The Labute approximate surface area is 279 Å². The molecule has 2 aromatic carbocycles. The summed E-state index contributed by atoms with van der Waals surface area (Å²) in [6.07, 6.45) is -1.56. The van der Waals surface area contributed by atoms with Crippen molar-refractivity contribution in [1.82, 2.24) is 24.6 Å². The summed E-state index contributed by atoms with van der Waals surface area (Å²) in [5, 5.41) is 53.8. The summed E-state index contributed by atoms with van der Waals surface area (Å²) in [7, 11) is 1.25. The van der Waals surface area contributed by atoms with Gasteiger partial charge in [-0.05, 0) is 55.7 Å². The van der Waals surface area contributed by atoms with E-state index in [0.29, 0.717) is 59.9 Å². The number of carbonyl (C=O) groups is 2. The second kappa shape index (κ2) is 15.2. The highest BCUT2D eigenvalue weighted by Gasteiger charge is 2.32. The number of imidazole rings is 1. The van der Waals surface area contributed by atoms with Crippen molar-refractivity contribution in [3.8, 4) is 17.0 Å². The molecule has 0 radical (unpaired) electrons. The molecule has 1 saturated heterocycles. The number of benzene rings is 2. The van der Waals surface area contributed by atoms with E-state index in [9.17, 15) is 38.8 Å². The highest BCUT2D eigenvalue weighted by molar-refractivity contribution is 5.96. The quantitative estimate of drug-likeness (QED) is 0.113. The summed E-state index contributed by atoms with van der Waals surface area (Å²) >= 11 is 0. The van der Waals surface area contributed by atoms with Gasteiger partial charge < -0.3 is 45.8 Å². The molecule has 1 fully saturated rings. The van der Waals surface area contributed by atoms with E-state index in [4.69, 9.17) is 9.84 Å². The predicted octanol–water partition coefficient (Wildman–Crippen LogP) is 1.14. The monoisotopic (exact) mass is 684 g/mol. The average Bonchev–Trinajstić information content (AvgIpc) is 3.55. The summed E-state index contributed by atoms with van der Waals surface area (Å²) in [6.45, 7) is 1.24. The molecule has 5 rings (SSSR count). The lowest BCUT2D eigenvalue weighted by Crippen LogP contribution is -2.50. The Hall–Kier alpha value is -4.74. The number of carbonyl (C=O) groups excluding carboxylic acids is 2. The van der Waals surface area contributed by atoms with Crippen LogP contribution in [0.4, 0.5) is 20.3 Å². The lowest BCUT2D eigenvalue weighted by molar-refractivity contribution is -0.130. The Balaban J connectivity index is 1.19. The molecule has 0 aliphatic carbocycles. The third kappa shape index (κ3) is 7.47. The van der Waals surface area contributed by atoms with Gasteiger partial charge in [-0.1, -0.05) is 0 Å². The minimum atomic E-state index is -1.79. The summed E-state index contributed by atoms with van der Waals surface area (Å²) < 4.78 is 35.7. The Morgan fingerprint density at radius 2 is 1.73 bits per heavy atom. The van der Waals surface area contributed by atoms with Gasteiger partial charge >= 0.3 is 0 Å². The number of ether oxygens (including phenoxy) is 1. The fraction of sp³-hybridized carbons (Fsp3) is 0.394. The number of anilines is 2. The van der Waals surface area contributed by atoms with Crippen LogP contribution in [0, 0.1) is 24.5 Å². The summed E-state index contributed by atoms with van der Waals surface area (Å²) in [5.41, 5.74) is 2.44. The number of aliphatic hydroxyl groups excluding tert-OH is 5. The first-order valence-corrected chi connectivity index (χ1v) is 15.6. The topological polar surface area (TPSA) is 202 Å². The number of aromatic nitrogens is 3. The number of nitrogens with zero attached hydrogens (tertiary/aromatic N) is 4. The molecule has 4 aromatic rings. The Kier molecular flexibility index (Phi) is 11.0. The van der Waals surface area contributed by atoms with Crippen molar-refractivity contribution in [2.75, 3.05) is 38.7 Å². The molecule has 1 aliphatic heterocycles. The normalized spacial score (nSPS) is 16.2. The Morgan fingerprint density at radius 1 is 1.02 bits per heavy atom. The third-order valence-corrected chi connectivity index (χ3v) is 8.65. The number of piperidine rings is 1. The molecule has 49 heavy (non-hydrogen) atoms. The van der Waals surface area contributed by atoms with E-state index in [1.807, 2.05) is 0 Å². The summed E-state index contributed by atoms with van der Waals surface area (Å²) in [6, 6.07) is 7.91. The molecule has 2 aromatic heterocycles. The summed E-state index contributed by atoms with van der Waals surface area (Å²) in [4.78, 5) is 36.5. The standard InChI is InChI=1S/C33H38F2N6O8/c1-17-13-19(39-30-31-37-14-22(41(31)12-9-36-30)21-5-6-25(49-2)27(35)26(21)34)3-4-20(17)33(48)40-10-7-18(8-11-40)32(47)38-15-23(43)28(45)29(46)24(44)16-42/h3-6,9,12-14,18,23-24,28-29,42-46H,7-8,10-11,15-16H2,1-2H3,(H,36,39)(H,38,47)/t23-,24+,28+,29+/m0/s1. The van der Waals surface area contributed by atoms with E-state index >= 15 is 0 Å². The van der Waals surface area contributed by atoms with Gasteiger partial charge in [-0.15, -0.1) is 0 Å². The number of fused-ring (bicyclic) bond motifs is 1. The maximum absolute atomic E-state index is 14.8. The fourth-order valence-corrected chi connectivity index (χ4v) is 5.76. The van der Waals surface area contributed by atoms with E-state index in [2.05, 4.69) is 20.6 Å². The highest BCUT2D eigenvalue weighted by Crippen LogP contribution is 2.32. The average molecular weight is 685 g/mol. The Bertz CT molecular complexity index is 1820. The molecular formula is C33H38F2N6O8. The fourth-order valence-electron chi connectivity index (χ4n) is 5.76. The number of nitrogens with one attached hydrogen (secondary N) is 2. The molecule has 16 heteroatoms. The van der Waals surface area contributed by atoms with E-state index < -0.39 is 48.6 Å². The van der Waals surface area contributed by atoms with Crippen LogP contribution in [-0.2, 0) is 4.79 Å². The molecule has 0 bridgehead atoms. The van der Waals surface area contributed by atoms with Crippen LogP contribution in [0.1, 0.15) is 28.8 Å². The molecule has 7 N–H and O–H groups in total. The number of aliphatic hydroxyl groups is 5. The van der Waals surface area contributed by atoms with Gasteiger partial charge in [-0.25, -0.2) is 14.4 Å². The number of likely N-dealkylation sites (tertiary alicyclic amines) is 1. The SMILES string of the molecule is COc1ccc(-c2cnc3c(Nc4ccc(C(=O)N5CCC(C(=O)NC[C@H](O)[C@@H](O)[C@H](O)[C@H](O)CO)CC5)c(C)c4)nccn23)c(F)c1F. The number of aryl methyl sites for hydroxylation is 1. The zero-order chi connectivity index (χ0) is 35.4. The summed E-state index contributed by atoms with van der Waals surface area (Å²) in [5.74, 6) is -3.05. The third-order valence-electron chi connectivity index (χ3n) is 8.65. The number of hydrogen-bond acceptors (Lipinski definition) is 11. The van der Waals surface area contributed by atoms with E-state index in [0.717, 1.165) is 0 Å². The molecule has 0 saturated carbocycles. The number of amides is 2. The van der Waals surface area contributed by atoms with Gasteiger partial charge in [0.15, 0.2) is 23.0 Å². The number of hydrogen-bond donors (Lipinski definition) is 7. The zero-order valence-electron chi connectivity index (χ0n) is 26.8. The van der Waals surface area contributed by atoms with Crippen LogP contribution in [0.15, 0.2) is 48.9 Å². The van der Waals surface area contributed by atoms with Crippen LogP contribution in [0.5, 0.6) is 5.75 Å². The van der Waals surface area contributed by atoms with Crippen LogP contribution in [-0.4, -0.2) is 114 Å². The number of methoxy groups -OCH3 is 1. The van der Waals surface area contributed by atoms with Crippen molar-refractivity contribution >= 4 is 29.0 Å². The molecule has 14 nitrogen and oxygen atoms in total. The first-order chi connectivity index (χ1) is 23.4. The second-order valence-corrected chi connectivity index (χ2v) is 11.8. The van der Waals surface area contributed by atoms with Gasteiger partial charge in [0.25, 0.3) is 5.91 Å². The first kappa shape index (κ1) is 35.6. The van der Waals surface area contributed by atoms with Crippen molar-refractivity contribution < 1.29 is 48.6 Å². The van der Waals surface area contributed by atoms with E-state index in [-0.39, 0.29) is 29.7 Å². The zero-order valence-corrected chi connectivity index (χ0v) is 26.8. The molecule has 1 aliphatic rings. The first-order valence-electron chi connectivity index (χ1n) is 15.6. The van der Waals surface area contributed by atoms with Crippen molar-refractivity contribution in [3.05, 3.63) is 71.7 Å². The van der Waals surface area contributed by atoms with Crippen molar-refractivity contribution in [3.63, 3.8) is 0 Å². The number of rotatable bonds is 12. The lowest BCUT2D eigenvalue weighted by atomic mass is 9.94. The Morgan fingerprint density at radius 3 is 2.41 bits per heavy atom. The molecule has 2 amide bonds. The maximum atomic E-state index is 14.8. The smallest absolute Gasteiger partial charge is 0.254 e. The predicted molar refractivity (Wildman–Crippen MR) is 172 cm³/mol. The highest BCUT2D eigenvalue weighted by atomic mass is 19.2.